The third-order valence-corrected chi connectivity index (χ3v) is 4.60. The van der Waals surface area contributed by atoms with E-state index in [0.717, 1.165) is 24.4 Å². The number of aromatic nitrogens is 2. The first-order valence-electron chi connectivity index (χ1n) is 7.26. The summed E-state index contributed by atoms with van der Waals surface area (Å²) in [6, 6.07) is 2.97. The molecule has 3 nitrogen and oxygen atoms in total. The molecule has 0 saturated heterocycles. The van der Waals surface area contributed by atoms with Crippen molar-refractivity contribution < 1.29 is 4.39 Å². The van der Waals surface area contributed by atoms with Crippen LogP contribution in [-0.4, -0.2) is 9.55 Å². The Balaban J connectivity index is 1.83. The van der Waals surface area contributed by atoms with Crippen LogP contribution in [0.1, 0.15) is 38.5 Å². The molecular weight excluding hydrogens is 277 g/mol. The van der Waals surface area contributed by atoms with Crippen LogP contribution < -0.4 is 5.73 Å². The van der Waals surface area contributed by atoms with Gasteiger partial charge in [-0.3, -0.25) is 0 Å². The van der Waals surface area contributed by atoms with Gasteiger partial charge in [0.05, 0.1) is 16.1 Å². The predicted molar refractivity (Wildman–Crippen MR) is 80.3 cm³/mol. The van der Waals surface area contributed by atoms with Gasteiger partial charge in [0.1, 0.15) is 5.82 Å². The molecule has 0 bridgehead atoms. The van der Waals surface area contributed by atoms with Gasteiger partial charge in [-0.2, -0.15) is 0 Å². The zero-order valence-electron chi connectivity index (χ0n) is 11.4. The summed E-state index contributed by atoms with van der Waals surface area (Å²) in [5, 5.41) is 0.122. The average Bonchev–Trinajstić information content (AvgIpc) is 2.73. The van der Waals surface area contributed by atoms with Crippen molar-refractivity contribution in [3.8, 4) is 0 Å². The first-order chi connectivity index (χ1) is 9.65. The number of rotatable bonds is 3. The van der Waals surface area contributed by atoms with Crippen LogP contribution >= 0.6 is 11.6 Å². The molecule has 1 aliphatic carbocycles. The Kier molecular flexibility index (Phi) is 3.83. The number of anilines is 1. The summed E-state index contributed by atoms with van der Waals surface area (Å²) in [5.74, 6) is 0.769. The van der Waals surface area contributed by atoms with E-state index < -0.39 is 5.82 Å². The lowest BCUT2D eigenvalue weighted by Gasteiger charge is -2.21. The fourth-order valence-corrected chi connectivity index (χ4v) is 3.32. The molecule has 108 valence electrons. The minimum absolute atomic E-state index is 0.122. The molecule has 1 aliphatic rings. The molecule has 0 radical (unpaired) electrons. The van der Waals surface area contributed by atoms with E-state index in [4.69, 9.17) is 17.3 Å². The predicted octanol–water partition coefficient (Wildman–Crippen LogP) is 4.38. The Morgan fingerprint density at radius 1 is 1.30 bits per heavy atom. The lowest BCUT2D eigenvalue weighted by atomic mass is 9.87. The maximum atomic E-state index is 13.4. The van der Waals surface area contributed by atoms with E-state index in [1.807, 2.05) is 4.57 Å². The van der Waals surface area contributed by atoms with Gasteiger partial charge in [-0.05, 0) is 18.4 Å². The molecule has 1 aromatic carbocycles. The SMILES string of the molecule is Nc1nc2cc(F)c(Cl)cc2n1CCC1CCCCC1. The molecule has 2 N–H and O–H groups in total. The van der Waals surface area contributed by atoms with Gasteiger partial charge in [0.25, 0.3) is 0 Å². The van der Waals surface area contributed by atoms with Crippen LogP contribution in [0.5, 0.6) is 0 Å². The zero-order valence-corrected chi connectivity index (χ0v) is 12.2. The maximum Gasteiger partial charge on any atom is 0.201 e. The Labute approximate surface area is 122 Å². The summed E-state index contributed by atoms with van der Waals surface area (Å²) < 4.78 is 15.4. The van der Waals surface area contributed by atoms with Gasteiger partial charge in [0.2, 0.25) is 5.95 Å². The van der Waals surface area contributed by atoms with E-state index in [9.17, 15) is 4.39 Å². The highest BCUT2D eigenvalue weighted by Crippen LogP contribution is 2.29. The second-order valence-electron chi connectivity index (χ2n) is 5.67. The highest BCUT2D eigenvalue weighted by atomic mass is 35.5. The monoisotopic (exact) mass is 295 g/mol. The standard InChI is InChI=1S/C15H19ClFN3/c16-11-8-14-13(9-12(11)17)19-15(18)20(14)7-6-10-4-2-1-3-5-10/h8-10H,1-7H2,(H2,18,19). The van der Waals surface area contributed by atoms with E-state index in [1.165, 1.54) is 38.2 Å². The number of hydrogen-bond donors (Lipinski definition) is 1. The molecule has 20 heavy (non-hydrogen) atoms. The van der Waals surface area contributed by atoms with E-state index in [1.54, 1.807) is 6.07 Å². The molecule has 5 heteroatoms. The van der Waals surface area contributed by atoms with Crippen molar-refractivity contribution in [3.63, 3.8) is 0 Å². The molecule has 0 amide bonds. The van der Waals surface area contributed by atoms with Crippen LogP contribution in [0.2, 0.25) is 5.02 Å². The van der Waals surface area contributed by atoms with Crippen LogP contribution in [0, 0.1) is 11.7 Å². The van der Waals surface area contributed by atoms with E-state index >= 15 is 0 Å². The molecule has 1 fully saturated rings. The molecule has 1 aromatic heterocycles. The van der Waals surface area contributed by atoms with Gasteiger partial charge in [0.15, 0.2) is 0 Å². The number of hydrogen-bond acceptors (Lipinski definition) is 2. The second kappa shape index (κ2) is 5.60. The summed E-state index contributed by atoms with van der Waals surface area (Å²) in [6.07, 6.45) is 7.75. The molecule has 2 aromatic rings. The fraction of sp³-hybridized carbons (Fsp3) is 0.533. The summed E-state index contributed by atoms with van der Waals surface area (Å²) in [6.45, 7) is 0.828. The Morgan fingerprint density at radius 2 is 2.05 bits per heavy atom. The number of nitrogens with two attached hydrogens (primary N) is 1. The third kappa shape index (κ3) is 2.62. The first kappa shape index (κ1) is 13.7. The molecule has 3 rings (SSSR count). The van der Waals surface area contributed by atoms with Crippen LogP contribution in [0.25, 0.3) is 11.0 Å². The number of nitrogen functional groups attached to an aromatic ring is 1. The van der Waals surface area contributed by atoms with Crippen molar-refractivity contribution in [2.75, 3.05) is 5.73 Å². The maximum absolute atomic E-state index is 13.4. The van der Waals surface area contributed by atoms with E-state index in [2.05, 4.69) is 4.98 Å². The lowest BCUT2D eigenvalue weighted by molar-refractivity contribution is 0.326. The largest absolute Gasteiger partial charge is 0.369 e. The Hall–Kier alpha value is -1.29. The summed E-state index contributed by atoms with van der Waals surface area (Å²) in [4.78, 5) is 4.22. The van der Waals surface area contributed by atoms with Crippen molar-refractivity contribution in [1.29, 1.82) is 0 Å². The molecule has 0 atom stereocenters. The van der Waals surface area contributed by atoms with Crippen molar-refractivity contribution in [2.45, 2.75) is 45.1 Å². The van der Waals surface area contributed by atoms with Crippen molar-refractivity contribution in [2.24, 2.45) is 5.92 Å². The highest BCUT2D eigenvalue weighted by Gasteiger charge is 2.16. The molecular formula is C15H19ClFN3. The smallest absolute Gasteiger partial charge is 0.201 e. The van der Waals surface area contributed by atoms with Gasteiger partial charge in [-0.15, -0.1) is 0 Å². The van der Waals surface area contributed by atoms with E-state index in [-0.39, 0.29) is 5.02 Å². The van der Waals surface area contributed by atoms with Crippen molar-refractivity contribution >= 4 is 28.6 Å². The minimum Gasteiger partial charge on any atom is -0.369 e. The molecule has 1 heterocycles. The number of benzene rings is 1. The zero-order chi connectivity index (χ0) is 14.1. The van der Waals surface area contributed by atoms with Gasteiger partial charge in [-0.1, -0.05) is 43.7 Å². The van der Waals surface area contributed by atoms with Crippen molar-refractivity contribution in [3.05, 3.63) is 23.0 Å². The highest BCUT2D eigenvalue weighted by molar-refractivity contribution is 6.31. The lowest BCUT2D eigenvalue weighted by Crippen LogP contribution is -2.11. The van der Waals surface area contributed by atoms with Crippen LogP contribution in [-0.2, 0) is 6.54 Å². The van der Waals surface area contributed by atoms with Crippen LogP contribution in [0.4, 0.5) is 10.3 Å². The Morgan fingerprint density at radius 3 is 2.80 bits per heavy atom. The topological polar surface area (TPSA) is 43.8 Å². The van der Waals surface area contributed by atoms with Crippen molar-refractivity contribution in [1.82, 2.24) is 9.55 Å². The number of halogens is 2. The quantitative estimate of drug-likeness (QED) is 0.913. The summed E-state index contributed by atoms with van der Waals surface area (Å²) in [5.41, 5.74) is 7.36. The molecule has 0 unspecified atom stereocenters. The molecule has 1 saturated carbocycles. The fourth-order valence-electron chi connectivity index (χ4n) is 3.16. The molecule has 0 aliphatic heterocycles. The number of imidazole rings is 1. The number of aryl methyl sites for hydroxylation is 1. The number of fused-ring (bicyclic) bond motifs is 1. The van der Waals surface area contributed by atoms with Crippen LogP contribution in [0.15, 0.2) is 12.1 Å². The van der Waals surface area contributed by atoms with Crippen LogP contribution in [0.3, 0.4) is 0 Å². The van der Waals surface area contributed by atoms with E-state index in [0.29, 0.717) is 11.5 Å². The van der Waals surface area contributed by atoms with Gasteiger partial charge >= 0.3 is 0 Å². The normalized spacial score (nSPS) is 16.9. The van der Waals surface area contributed by atoms with Gasteiger partial charge in [0, 0.05) is 12.6 Å². The van der Waals surface area contributed by atoms with Gasteiger partial charge < -0.3 is 10.3 Å². The average molecular weight is 296 g/mol. The third-order valence-electron chi connectivity index (χ3n) is 4.31. The Bertz CT molecular complexity index is 617. The second-order valence-corrected chi connectivity index (χ2v) is 6.08. The first-order valence-corrected chi connectivity index (χ1v) is 7.63. The summed E-state index contributed by atoms with van der Waals surface area (Å²) in [7, 11) is 0. The summed E-state index contributed by atoms with van der Waals surface area (Å²) >= 11 is 5.86. The molecule has 0 spiro atoms. The number of nitrogens with zero attached hydrogens (tertiary/aromatic N) is 2. The minimum atomic E-state index is -0.448. The van der Waals surface area contributed by atoms with Gasteiger partial charge in [-0.25, -0.2) is 9.37 Å².